The highest BCUT2D eigenvalue weighted by Gasteiger charge is 2.46. The number of fused-ring (bicyclic) bond motifs is 1. The van der Waals surface area contributed by atoms with Crippen molar-refractivity contribution in [1.82, 2.24) is 0 Å². The van der Waals surface area contributed by atoms with Gasteiger partial charge in [-0.1, -0.05) is 6.07 Å². The Labute approximate surface area is 108 Å². The Hall–Kier alpha value is -0.750. The molecule has 1 unspecified atom stereocenters. The SMILES string of the molecule is CC1(C)Oc2ccc(C(N)C3CC3)cc2S1(O)O. The Morgan fingerprint density at radius 2 is 2.06 bits per heavy atom. The molecule has 4 nitrogen and oxygen atoms in total. The van der Waals surface area contributed by atoms with Gasteiger partial charge in [-0.15, -0.1) is 10.6 Å². The molecule has 4 N–H and O–H groups in total. The molecular weight excluding hydrogens is 250 g/mol. The quantitative estimate of drug-likeness (QED) is 0.769. The predicted molar refractivity (Wildman–Crippen MR) is 71.9 cm³/mol. The van der Waals surface area contributed by atoms with E-state index in [9.17, 15) is 9.11 Å². The lowest BCUT2D eigenvalue weighted by atomic mass is 10.0. The molecule has 1 fully saturated rings. The molecule has 0 saturated heterocycles. The lowest BCUT2D eigenvalue weighted by molar-refractivity contribution is 0.193. The highest BCUT2D eigenvalue weighted by molar-refractivity contribution is 8.25. The highest BCUT2D eigenvalue weighted by atomic mass is 32.3. The molecule has 1 heterocycles. The Morgan fingerprint density at radius 1 is 1.39 bits per heavy atom. The third-order valence-electron chi connectivity index (χ3n) is 3.83. The van der Waals surface area contributed by atoms with Crippen molar-refractivity contribution in [3.05, 3.63) is 23.8 Å². The van der Waals surface area contributed by atoms with Crippen molar-refractivity contribution in [3.8, 4) is 5.75 Å². The van der Waals surface area contributed by atoms with Crippen molar-refractivity contribution in [2.24, 2.45) is 11.7 Å². The second kappa shape index (κ2) is 3.63. The minimum atomic E-state index is -2.92. The normalized spacial score (nSPS) is 27.2. The van der Waals surface area contributed by atoms with E-state index >= 15 is 0 Å². The van der Waals surface area contributed by atoms with Crippen LogP contribution < -0.4 is 10.5 Å². The number of hydrogen-bond donors (Lipinski definition) is 3. The van der Waals surface area contributed by atoms with Gasteiger partial charge in [0.2, 0.25) is 0 Å². The van der Waals surface area contributed by atoms with E-state index in [1.54, 1.807) is 19.9 Å². The zero-order valence-corrected chi connectivity index (χ0v) is 11.4. The molecule has 1 saturated carbocycles. The topological polar surface area (TPSA) is 75.7 Å². The molecule has 1 aliphatic carbocycles. The van der Waals surface area contributed by atoms with E-state index < -0.39 is 15.5 Å². The minimum absolute atomic E-state index is 0.00536. The van der Waals surface area contributed by atoms with E-state index in [2.05, 4.69) is 0 Å². The minimum Gasteiger partial charge on any atom is -0.467 e. The summed E-state index contributed by atoms with van der Waals surface area (Å²) in [5.74, 6) is 1.10. The molecule has 100 valence electrons. The molecule has 0 aromatic heterocycles. The molecule has 0 bridgehead atoms. The van der Waals surface area contributed by atoms with Gasteiger partial charge < -0.3 is 10.5 Å². The Balaban J connectivity index is 2.02. The average molecular weight is 269 g/mol. The highest BCUT2D eigenvalue weighted by Crippen LogP contribution is 2.67. The van der Waals surface area contributed by atoms with Crippen LogP contribution in [0.5, 0.6) is 5.75 Å². The predicted octanol–water partition coefficient (Wildman–Crippen LogP) is 3.33. The first kappa shape index (κ1) is 12.3. The molecule has 1 aromatic rings. The standard InChI is InChI=1S/C13H19NO3S/c1-13(2)17-10-6-5-9(12(14)8-3-4-8)7-11(10)18(13,15)16/h5-8,12,15-16H,3-4,14H2,1-2H3. The van der Waals surface area contributed by atoms with Crippen LogP contribution in [0.1, 0.15) is 38.3 Å². The van der Waals surface area contributed by atoms with Crippen LogP contribution in [0, 0.1) is 5.92 Å². The van der Waals surface area contributed by atoms with Crippen molar-refractivity contribution < 1.29 is 13.8 Å². The number of benzene rings is 1. The van der Waals surface area contributed by atoms with Gasteiger partial charge in [0, 0.05) is 6.04 Å². The second-order valence-corrected chi connectivity index (χ2v) is 8.14. The van der Waals surface area contributed by atoms with Gasteiger partial charge in [0.05, 0.1) is 0 Å². The first-order chi connectivity index (χ1) is 8.33. The molecule has 1 atom stereocenters. The summed E-state index contributed by atoms with van der Waals surface area (Å²) < 4.78 is 26.2. The maximum Gasteiger partial charge on any atom is 0.196 e. The molecule has 0 spiro atoms. The Morgan fingerprint density at radius 3 is 2.67 bits per heavy atom. The lowest BCUT2D eigenvalue weighted by Gasteiger charge is -2.38. The third-order valence-corrected chi connectivity index (χ3v) is 6.22. The lowest BCUT2D eigenvalue weighted by Crippen LogP contribution is -2.29. The fourth-order valence-electron chi connectivity index (χ4n) is 2.35. The van der Waals surface area contributed by atoms with Crippen LogP contribution >= 0.6 is 10.6 Å². The number of rotatable bonds is 2. The summed E-state index contributed by atoms with van der Waals surface area (Å²) in [5, 5.41) is 0. The van der Waals surface area contributed by atoms with Gasteiger partial charge in [0.15, 0.2) is 4.93 Å². The molecule has 5 heteroatoms. The second-order valence-electron chi connectivity index (χ2n) is 5.62. The first-order valence-corrected chi connectivity index (χ1v) is 7.74. The summed E-state index contributed by atoms with van der Waals surface area (Å²) in [5.41, 5.74) is 7.13. The summed E-state index contributed by atoms with van der Waals surface area (Å²) in [6.07, 6.45) is 2.33. The summed E-state index contributed by atoms with van der Waals surface area (Å²) >= 11 is 0. The molecule has 3 rings (SSSR count). The maximum absolute atomic E-state index is 10.3. The number of hydrogen-bond acceptors (Lipinski definition) is 4. The van der Waals surface area contributed by atoms with Crippen molar-refractivity contribution in [2.45, 2.75) is 42.6 Å². The number of ether oxygens (including phenoxy) is 1. The molecule has 0 amide bonds. The molecule has 1 aliphatic heterocycles. The smallest absolute Gasteiger partial charge is 0.196 e. The van der Waals surface area contributed by atoms with Crippen molar-refractivity contribution in [1.29, 1.82) is 0 Å². The first-order valence-electron chi connectivity index (χ1n) is 6.19. The van der Waals surface area contributed by atoms with Gasteiger partial charge in [-0.25, -0.2) is 0 Å². The van der Waals surface area contributed by atoms with E-state index in [0.29, 0.717) is 16.6 Å². The molecule has 0 radical (unpaired) electrons. The van der Waals surface area contributed by atoms with Crippen molar-refractivity contribution in [2.75, 3.05) is 0 Å². The monoisotopic (exact) mass is 269 g/mol. The zero-order valence-electron chi connectivity index (χ0n) is 10.6. The van der Waals surface area contributed by atoms with E-state index in [1.165, 1.54) is 0 Å². The van der Waals surface area contributed by atoms with Crippen LogP contribution in [-0.4, -0.2) is 14.0 Å². The summed E-state index contributed by atoms with van der Waals surface area (Å²) in [6.45, 7) is 3.39. The van der Waals surface area contributed by atoms with E-state index in [1.807, 2.05) is 12.1 Å². The fourth-order valence-corrected chi connectivity index (χ4v) is 3.78. The summed E-state index contributed by atoms with van der Waals surface area (Å²) in [4.78, 5) is -0.460. The third kappa shape index (κ3) is 1.66. The van der Waals surface area contributed by atoms with E-state index in [0.717, 1.165) is 18.4 Å². The van der Waals surface area contributed by atoms with Gasteiger partial charge in [-0.2, -0.15) is 0 Å². The maximum atomic E-state index is 10.3. The van der Waals surface area contributed by atoms with Gasteiger partial charge in [0.1, 0.15) is 10.6 Å². The average Bonchev–Trinajstić information content (AvgIpc) is 3.08. The van der Waals surface area contributed by atoms with Crippen LogP contribution in [0.4, 0.5) is 0 Å². The van der Waals surface area contributed by atoms with Crippen LogP contribution in [0.3, 0.4) is 0 Å². The van der Waals surface area contributed by atoms with E-state index in [-0.39, 0.29) is 6.04 Å². The van der Waals surface area contributed by atoms with Crippen LogP contribution in [-0.2, 0) is 0 Å². The van der Waals surface area contributed by atoms with Crippen LogP contribution in [0.25, 0.3) is 0 Å². The van der Waals surface area contributed by atoms with Gasteiger partial charge >= 0.3 is 0 Å². The van der Waals surface area contributed by atoms with Gasteiger partial charge in [-0.05, 0) is 50.3 Å². The van der Waals surface area contributed by atoms with Crippen LogP contribution in [0.15, 0.2) is 23.1 Å². The van der Waals surface area contributed by atoms with Crippen molar-refractivity contribution >= 4 is 10.6 Å². The summed E-state index contributed by atoms with van der Waals surface area (Å²) in [6, 6.07) is 5.53. The largest absolute Gasteiger partial charge is 0.467 e. The Bertz CT molecular complexity index is 497. The zero-order chi connectivity index (χ0) is 13.1. The van der Waals surface area contributed by atoms with Gasteiger partial charge in [-0.3, -0.25) is 9.11 Å². The summed E-state index contributed by atoms with van der Waals surface area (Å²) in [7, 11) is -2.92. The van der Waals surface area contributed by atoms with Crippen LogP contribution in [0.2, 0.25) is 0 Å². The molecule has 1 aromatic carbocycles. The fraction of sp³-hybridized carbons (Fsp3) is 0.538. The number of nitrogens with two attached hydrogens (primary N) is 1. The van der Waals surface area contributed by atoms with Crippen molar-refractivity contribution in [3.63, 3.8) is 0 Å². The molecule has 18 heavy (non-hydrogen) atoms. The Kier molecular flexibility index (Phi) is 2.48. The van der Waals surface area contributed by atoms with E-state index in [4.69, 9.17) is 10.5 Å². The van der Waals surface area contributed by atoms with Gasteiger partial charge in [0.25, 0.3) is 0 Å². The molecule has 2 aliphatic rings. The molecular formula is C13H19NO3S.